The summed E-state index contributed by atoms with van der Waals surface area (Å²) in [6.45, 7) is 11.2. The maximum absolute atomic E-state index is 13.9. The van der Waals surface area contributed by atoms with E-state index in [9.17, 15) is 14.7 Å². The van der Waals surface area contributed by atoms with E-state index >= 15 is 0 Å². The zero-order valence-corrected chi connectivity index (χ0v) is 26.1. The van der Waals surface area contributed by atoms with Gasteiger partial charge in [0, 0.05) is 49.9 Å². The molecule has 3 heterocycles. The standard InChI is InChI=1S/C32H51N3O6/c1-7-8-13-33(14-9-15-35(4,5)6)28(36)22-34-21-25(23-10-11-27-24(19-23)12-16-39-27)29(30(37)38)26(34)20-32(2,3)31-40-17-18-41-31/h10-11,19,25-26,29,31H,7-9,12-18,20-22H2,1-6H3/p+1/t25-,26+,29?/m1/s1. The summed E-state index contributed by atoms with van der Waals surface area (Å²) in [5.41, 5.74) is 1.73. The first kappa shape index (κ1) is 31.7. The third-order valence-electron chi connectivity index (χ3n) is 8.90. The molecule has 0 aliphatic carbocycles. The number of carboxylic acids is 1. The highest BCUT2D eigenvalue weighted by molar-refractivity contribution is 5.79. The van der Waals surface area contributed by atoms with Crippen molar-refractivity contribution in [2.45, 2.75) is 71.1 Å². The molecule has 9 heteroatoms. The largest absolute Gasteiger partial charge is 0.493 e. The molecule has 1 unspecified atom stereocenters. The molecular weight excluding hydrogens is 522 g/mol. The normalized spacial score (nSPS) is 23.5. The Balaban J connectivity index is 1.59. The van der Waals surface area contributed by atoms with Crippen LogP contribution in [0.3, 0.4) is 0 Å². The minimum absolute atomic E-state index is 0.0863. The number of ether oxygens (including phenoxy) is 3. The van der Waals surface area contributed by atoms with E-state index in [1.165, 1.54) is 0 Å². The summed E-state index contributed by atoms with van der Waals surface area (Å²) in [6.07, 6.45) is 3.92. The van der Waals surface area contributed by atoms with Crippen LogP contribution in [0, 0.1) is 11.3 Å². The van der Waals surface area contributed by atoms with E-state index < -0.39 is 17.3 Å². The van der Waals surface area contributed by atoms with Crippen molar-refractivity contribution in [2.24, 2.45) is 11.3 Å². The molecule has 4 rings (SSSR count). The minimum Gasteiger partial charge on any atom is -0.493 e. The molecule has 3 aliphatic heterocycles. The SMILES string of the molecule is CCCCN(CCC[N+](C)(C)C)C(=O)CN1C[C@H](c2ccc3c(c2)CCO3)C(C(=O)O)[C@@H]1CC(C)(C)C1OCCO1. The molecule has 0 saturated carbocycles. The Morgan fingerprint density at radius 1 is 1.10 bits per heavy atom. The lowest BCUT2D eigenvalue weighted by molar-refractivity contribution is -0.870. The monoisotopic (exact) mass is 574 g/mol. The number of hydrogen-bond acceptors (Lipinski definition) is 6. The highest BCUT2D eigenvalue weighted by Crippen LogP contribution is 2.45. The highest BCUT2D eigenvalue weighted by atomic mass is 16.7. The Labute approximate surface area is 246 Å². The zero-order valence-electron chi connectivity index (χ0n) is 26.1. The summed E-state index contributed by atoms with van der Waals surface area (Å²) in [5.74, 6) is -0.713. The van der Waals surface area contributed by atoms with E-state index in [1.54, 1.807) is 0 Å². The van der Waals surface area contributed by atoms with Crippen LogP contribution in [0.25, 0.3) is 0 Å². The summed E-state index contributed by atoms with van der Waals surface area (Å²) in [7, 11) is 6.51. The Bertz CT molecular complexity index is 1050. The number of benzene rings is 1. The van der Waals surface area contributed by atoms with Crippen molar-refractivity contribution in [1.82, 2.24) is 9.80 Å². The second kappa shape index (κ2) is 13.4. The van der Waals surface area contributed by atoms with Crippen LogP contribution in [0.15, 0.2) is 18.2 Å². The van der Waals surface area contributed by atoms with E-state index in [0.717, 1.165) is 66.7 Å². The van der Waals surface area contributed by atoms with E-state index in [0.29, 0.717) is 32.8 Å². The molecule has 3 atom stereocenters. The Morgan fingerprint density at radius 2 is 1.80 bits per heavy atom. The van der Waals surface area contributed by atoms with Crippen molar-refractivity contribution in [3.05, 3.63) is 29.3 Å². The lowest BCUT2D eigenvalue weighted by Gasteiger charge is -2.37. The summed E-state index contributed by atoms with van der Waals surface area (Å²) < 4.78 is 18.3. The number of hydrogen-bond donors (Lipinski definition) is 1. The topological polar surface area (TPSA) is 88.5 Å². The summed E-state index contributed by atoms with van der Waals surface area (Å²) in [6, 6.07) is 5.79. The van der Waals surface area contributed by atoms with Gasteiger partial charge in [-0.3, -0.25) is 14.5 Å². The van der Waals surface area contributed by atoms with Gasteiger partial charge >= 0.3 is 5.97 Å². The first-order valence-corrected chi connectivity index (χ1v) is 15.4. The van der Waals surface area contributed by atoms with Crippen LogP contribution >= 0.6 is 0 Å². The molecule has 2 fully saturated rings. The first-order valence-electron chi connectivity index (χ1n) is 15.4. The Kier molecular flexibility index (Phi) is 10.4. The molecule has 1 amide bonds. The minimum atomic E-state index is -0.818. The Morgan fingerprint density at radius 3 is 2.46 bits per heavy atom. The molecule has 230 valence electrons. The van der Waals surface area contributed by atoms with Gasteiger partial charge in [-0.2, -0.15) is 0 Å². The second-order valence-corrected chi connectivity index (χ2v) is 13.8. The molecule has 0 bridgehead atoms. The fraction of sp³-hybridized carbons (Fsp3) is 0.750. The number of carboxylic acid groups (broad SMARTS) is 1. The number of unbranched alkanes of at least 4 members (excludes halogenated alkanes) is 1. The van der Waals surface area contributed by atoms with Crippen molar-refractivity contribution in [3.8, 4) is 5.75 Å². The van der Waals surface area contributed by atoms with Gasteiger partial charge in [0.25, 0.3) is 0 Å². The van der Waals surface area contributed by atoms with Crippen LogP contribution < -0.4 is 4.74 Å². The van der Waals surface area contributed by atoms with Gasteiger partial charge in [-0.05, 0) is 30.0 Å². The fourth-order valence-corrected chi connectivity index (χ4v) is 6.69. The van der Waals surface area contributed by atoms with Gasteiger partial charge in [0.15, 0.2) is 6.29 Å². The molecule has 0 radical (unpaired) electrons. The lowest BCUT2D eigenvalue weighted by Crippen LogP contribution is -2.47. The van der Waals surface area contributed by atoms with Gasteiger partial charge in [0.05, 0.1) is 60.0 Å². The maximum Gasteiger partial charge on any atom is 0.308 e. The number of quaternary nitrogens is 1. The third kappa shape index (κ3) is 8.00. The number of fused-ring (bicyclic) bond motifs is 1. The van der Waals surface area contributed by atoms with Gasteiger partial charge in [-0.15, -0.1) is 0 Å². The number of rotatable bonds is 14. The molecule has 0 spiro atoms. The molecule has 1 N–H and O–H groups in total. The molecule has 2 saturated heterocycles. The molecule has 1 aromatic carbocycles. The van der Waals surface area contributed by atoms with Crippen LogP contribution in [0.4, 0.5) is 0 Å². The van der Waals surface area contributed by atoms with E-state index in [2.05, 4.69) is 52.9 Å². The summed E-state index contributed by atoms with van der Waals surface area (Å²) >= 11 is 0. The van der Waals surface area contributed by atoms with E-state index in [4.69, 9.17) is 14.2 Å². The Hall–Kier alpha value is -2.20. The van der Waals surface area contributed by atoms with Gasteiger partial charge < -0.3 is 28.7 Å². The number of nitrogens with zero attached hydrogens (tertiary/aromatic N) is 3. The van der Waals surface area contributed by atoms with Crippen molar-refractivity contribution in [2.75, 3.05) is 73.7 Å². The number of carbonyl (C=O) groups is 2. The summed E-state index contributed by atoms with van der Waals surface area (Å²) in [4.78, 5) is 31.0. The van der Waals surface area contributed by atoms with Gasteiger partial charge in [-0.1, -0.05) is 39.3 Å². The first-order chi connectivity index (χ1) is 19.4. The van der Waals surface area contributed by atoms with Crippen LogP contribution in [-0.4, -0.2) is 117 Å². The van der Waals surface area contributed by atoms with Gasteiger partial charge in [0.1, 0.15) is 5.75 Å². The smallest absolute Gasteiger partial charge is 0.308 e. The zero-order chi connectivity index (χ0) is 29.8. The average Bonchev–Trinajstić information content (AvgIpc) is 3.65. The lowest BCUT2D eigenvalue weighted by atomic mass is 9.77. The molecule has 41 heavy (non-hydrogen) atoms. The van der Waals surface area contributed by atoms with Crippen molar-refractivity contribution in [1.29, 1.82) is 0 Å². The van der Waals surface area contributed by atoms with Crippen LogP contribution in [0.5, 0.6) is 5.75 Å². The number of aliphatic carboxylic acids is 1. The fourth-order valence-electron chi connectivity index (χ4n) is 6.69. The van der Waals surface area contributed by atoms with Crippen LogP contribution in [-0.2, 0) is 25.5 Å². The van der Waals surface area contributed by atoms with Crippen LogP contribution in [0.1, 0.15) is 63.5 Å². The molecule has 3 aliphatic rings. The second-order valence-electron chi connectivity index (χ2n) is 13.8. The third-order valence-corrected chi connectivity index (χ3v) is 8.90. The molecular formula is C32H52N3O6+. The predicted octanol–water partition coefficient (Wildman–Crippen LogP) is 3.60. The highest BCUT2D eigenvalue weighted by Gasteiger charge is 2.50. The predicted molar refractivity (Wildman–Crippen MR) is 158 cm³/mol. The molecule has 1 aromatic rings. The number of amides is 1. The number of likely N-dealkylation sites (tertiary alicyclic amines) is 1. The van der Waals surface area contributed by atoms with Gasteiger partial charge in [-0.25, -0.2) is 0 Å². The van der Waals surface area contributed by atoms with E-state index in [-0.39, 0.29) is 30.7 Å². The molecule has 0 aromatic heterocycles. The summed E-state index contributed by atoms with van der Waals surface area (Å²) in [5, 5.41) is 10.6. The number of carbonyl (C=O) groups excluding carboxylic acids is 1. The average molecular weight is 575 g/mol. The van der Waals surface area contributed by atoms with Crippen LogP contribution in [0.2, 0.25) is 0 Å². The van der Waals surface area contributed by atoms with Gasteiger partial charge in [0.2, 0.25) is 5.91 Å². The van der Waals surface area contributed by atoms with Crippen molar-refractivity contribution < 1.29 is 33.4 Å². The molecule has 9 nitrogen and oxygen atoms in total. The van der Waals surface area contributed by atoms with Crippen molar-refractivity contribution >= 4 is 11.9 Å². The van der Waals surface area contributed by atoms with E-state index in [1.807, 2.05) is 17.0 Å². The maximum atomic E-state index is 13.9. The quantitative estimate of drug-likeness (QED) is 0.340. The van der Waals surface area contributed by atoms with Crippen molar-refractivity contribution in [3.63, 3.8) is 0 Å².